The van der Waals surface area contributed by atoms with E-state index in [0.29, 0.717) is 19.7 Å². The number of amides is 2. The first kappa shape index (κ1) is 16.6. The molecule has 128 valence electrons. The molecule has 5 heteroatoms. The van der Waals surface area contributed by atoms with E-state index in [1.165, 1.54) is 11.1 Å². The van der Waals surface area contributed by atoms with Gasteiger partial charge in [-0.2, -0.15) is 0 Å². The summed E-state index contributed by atoms with van der Waals surface area (Å²) in [5, 5.41) is 2.94. The maximum absolute atomic E-state index is 12.0. The van der Waals surface area contributed by atoms with Gasteiger partial charge in [-0.3, -0.25) is 4.79 Å². The number of hydrogen-bond acceptors (Lipinski definition) is 3. The average Bonchev–Trinajstić information content (AvgIpc) is 3.23. The molecule has 0 aromatic heterocycles. The molecule has 1 saturated heterocycles. The number of ether oxygens (including phenoxy) is 1. The molecule has 1 unspecified atom stereocenters. The van der Waals surface area contributed by atoms with Crippen LogP contribution in [-0.4, -0.2) is 36.6 Å². The van der Waals surface area contributed by atoms with Crippen LogP contribution in [0.3, 0.4) is 0 Å². The smallest absolute Gasteiger partial charge is 0.409 e. The van der Waals surface area contributed by atoms with Crippen molar-refractivity contribution in [1.29, 1.82) is 0 Å². The molecule has 1 atom stereocenters. The third kappa shape index (κ3) is 3.16. The second-order valence-corrected chi connectivity index (χ2v) is 6.74. The van der Waals surface area contributed by atoms with Crippen LogP contribution in [0.15, 0.2) is 46.7 Å². The quantitative estimate of drug-likeness (QED) is 0.810. The van der Waals surface area contributed by atoms with Crippen molar-refractivity contribution in [3.05, 3.63) is 46.7 Å². The Hall–Kier alpha value is -2.30. The number of carbonyl (C=O) groups is 2. The molecule has 1 spiro atoms. The Bertz CT molecular complexity index is 695. The van der Waals surface area contributed by atoms with Crippen LogP contribution < -0.4 is 5.32 Å². The monoisotopic (exact) mass is 328 g/mol. The van der Waals surface area contributed by atoms with Crippen LogP contribution in [0, 0.1) is 5.41 Å². The Morgan fingerprint density at radius 2 is 2.12 bits per heavy atom. The summed E-state index contributed by atoms with van der Waals surface area (Å²) in [5.74, 6) is -0.103. The van der Waals surface area contributed by atoms with Gasteiger partial charge in [0.05, 0.1) is 6.61 Å². The van der Waals surface area contributed by atoms with Crippen molar-refractivity contribution in [2.24, 2.45) is 5.41 Å². The van der Waals surface area contributed by atoms with Crippen molar-refractivity contribution in [2.45, 2.75) is 33.6 Å². The van der Waals surface area contributed by atoms with E-state index in [1.54, 1.807) is 11.0 Å². The standard InChI is InChI=1S/C19H24N2O3/c1-4-24-18(23)21-7-5-14-10-16(20-17(22)9-13(2)3)11-15-12-19(14,15)6-8-21/h9-12H,4-8H2,1-3H3,(H,20,22). The van der Waals surface area contributed by atoms with Gasteiger partial charge in [-0.05, 0) is 51.3 Å². The largest absolute Gasteiger partial charge is 0.450 e. The molecule has 1 fully saturated rings. The molecule has 1 heterocycles. The molecule has 5 nitrogen and oxygen atoms in total. The fraction of sp³-hybridized carbons (Fsp3) is 0.474. The van der Waals surface area contributed by atoms with Crippen molar-refractivity contribution in [1.82, 2.24) is 10.2 Å². The minimum absolute atomic E-state index is 0.00594. The summed E-state index contributed by atoms with van der Waals surface area (Å²) < 4.78 is 5.12. The van der Waals surface area contributed by atoms with Gasteiger partial charge in [0.1, 0.15) is 0 Å². The Morgan fingerprint density at radius 1 is 1.33 bits per heavy atom. The SMILES string of the molecule is CCOC(=O)N1CCC2=CC(NC(=O)C=C(C)C)=CC3=CC32CC1. The van der Waals surface area contributed by atoms with E-state index in [4.69, 9.17) is 4.74 Å². The van der Waals surface area contributed by atoms with Gasteiger partial charge in [0.15, 0.2) is 0 Å². The van der Waals surface area contributed by atoms with Crippen LogP contribution in [0.25, 0.3) is 0 Å². The summed E-state index contributed by atoms with van der Waals surface area (Å²) in [4.78, 5) is 25.7. The lowest BCUT2D eigenvalue weighted by atomic mass is 9.82. The van der Waals surface area contributed by atoms with Crippen molar-refractivity contribution in [2.75, 3.05) is 19.7 Å². The highest BCUT2D eigenvalue weighted by atomic mass is 16.6. The van der Waals surface area contributed by atoms with Gasteiger partial charge >= 0.3 is 6.09 Å². The topological polar surface area (TPSA) is 58.6 Å². The van der Waals surface area contributed by atoms with Gasteiger partial charge in [0.2, 0.25) is 5.91 Å². The van der Waals surface area contributed by atoms with Gasteiger partial charge < -0.3 is 15.0 Å². The van der Waals surface area contributed by atoms with Gasteiger partial charge in [-0.25, -0.2) is 4.79 Å². The zero-order valence-corrected chi connectivity index (χ0v) is 14.5. The van der Waals surface area contributed by atoms with E-state index in [2.05, 4.69) is 17.5 Å². The van der Waals surface area contributed by atoms with E-state index in [0.717, 1.165) is 24.1 Å². The molecule has 3 aliphatic rings. The van der Waals surface area contributed by atoms with Crippen molar-refractivity contribution in [3.63, 3.8) is 0 Å². The van der Waals surface area contributed by atoms with E-state index in [-0.39, 0.29) is 17.4 Å². The van der Waals surface area contributed by atoms with Crippen molar-refractivity contribution in [3.8, 4) is 0 Å². The number of allylic oxidation sites excluding steroid dienone is 5. The second-order valence-electron chi connectivity index (χ2n) is 6.74. The molecular weight excluding hydrogens is 304 g/mol. The molecule has 0 aromatic rings. The number of nitrogens with zero attached hydrogens (tertiary/aromatic N) is 1. The maximum atomic E-state index is 12.0. The normalized spacial score (nSPS) is 24.3. The van der Waals surface area contributed by atoms with Crippen LogP contribution in [-0.2, 0) is 9.53 Å². The van der Waals surface area contributed by atoms with Gasteiger partial charge in [0, 0.05) is 30.3 Å². The Morgan fingerprint density at radius 3 is 2.83 bits per heavy atom. The lowest BCUT2D eigenvalue weighted by Gasteiger charge is -2.23. The Balaban J connectivity index is 1.71. The summed E-state index contributed by atoms with van der Waals surface area (Å²) in [7, 11) is 0. The number of nitrogens with one attached hydrogen (secondary N) is 1. The van der Waals surface area contributed by atoms with Crippen molar-refractivity contribution < 1.29 is 14.3 Å². The average molecular weight is 328 g/mol. The molecule has 3 rings (SSSR count). The summed E-state index contributed by atoms with van der Waals surface area (Å²) in [6.07, 6.45) is 9.40. The fourth-order valence-corrected chi connectivity index (χ4v) is 3.46. The first-order valence-electron chi connectivity index (χ1n) is 8.48. The first-order valence-corrected chi connectivity index (χ1v) is 8.48. The van der Waals surface area contributed by atoms with Crippen LogP contribution in [0.4, 0.5) is 4.79 Å². The number of hydrogen-bond donors (Lipinski definition) is 1. The summed E-state index contributed by atoms with van der Waals surface area (Å²) in [6, 6.07) is 0. The van der Waals surface area contributed by atoms with E-state index < -0.39 is 0 Å². The van der Waals surface area contributed by atoms with E-state index in [9.17, 15) is 9.59 Å². The first-order chi connectivity index (χ1) is 11.4. The predicted molar refractivity (Wildman–Crippen MR) is 92.1 cm³/mol. The molecule has 1 N–H and O–H groups in total. The second kappa shape index (κ2) is 6.30. The van der Waals surface area contributed by atoms with Gasteiger partial charge in [0.25, 0.3) is 0 Å². The number of rotatable bonds is 3. The number of carbonyl (C=O) groups excluding carboxylic acids is 2. The highest BCUT2D eigenvalue weighted by Gasteiger charge is 2.49. The summed E-state index contributed by atoms with van der Waals surface area (Å²) >= 11 is 0. The zero-order chi connectivity index (χ0) is 17.3. The van der Waals surface area contributed by atoms with Crippen LogP contribution in [0.1, 0.15) is 33.6 Å². The molecule has 2 amide bonds. The Labute approximate surface area is 142 Å². The molecular formula is C19H24N2O3. The molecule has 24 heavy (non-hydrogen) atoms. The van der Waals surface area contributed by atoms with Gasteiger partial charge in [-0.1, -0.05) is 17.2 Å². The van der Waals surface area contributed by atoms with Gasteiger partial charge in [-0.15, -0.1) is 0 Å². The summed E-state index contributed by atoms with van der Waals surface area (Å²) in [6.45, 7) is 7.37. The lowest BCUT2D eigenvalue weighted by molar-refractivity contribution is -0.115. The van der Waals surface area contributed by atoms with Crippen LogP contribution >= 0.6 is 0 Å². The molecule has 0 aromatic carbocycles. The minimum atomic E-state index is -0.236. The molecule has 0 radical (unpaired) electrons. The van der Waals surface area contributed by atoms with E-state index >= 15 is 0 Å². The fourth-order valence-electron chi connectivity index (χ4n) is 3.46. The maximum Gasteiger partial charge on any atom is 0.409 e. The highest BCUT2D eigenvalue weighted by molar-refractivity contribution is 5.90. The van der Waals surface area contributed by atoms with Crippen LogP contribution in [0.5, 0.6) is 0 Å². The minimum Gasteiger partial charge on any atom is -0.450 e. The zero-order valence-electron chi connectivity index (χ0n) is 14.5. The third-order valence-corrected chi connectivity index (χ3v) is 4.69. The highest BCUT2D eigenvalue weighted by Crippen LogP contribution is 2.58. The van der Waals surface area contributed by atoms with Crippen LogP contribution in [0.2, 0.25) is 0 Å². The lowest BCUT2D eigenvalue weighted by Crippen LogP contribution is -2.32. The Kier molecular flexibility index (Phi) is 4.35. The molecule has 2 aliphatic carbocycles. The molecule has 1 aliphatic heterocycles. The predicted octanol–water partition coefficient (Wildman–Crippen LogP) is 3.07. The van der Waals surface area contributed by atoms with E-state index in [1.807, 2.05) is 26.8 Å². The molecule has 0 bridgehead atoms. The third-order valence-electron chi connectivity index (χ3n) is 4.69. The molecule has 0 saturated carbocycles. The number of likely N-dealkylation sites (tertiary alicyclic amines) is 1. The van der Waals surface area contributed by atoms with Crippen molar-refractivity contribution >= 4 is 12.0 Å². The summed E-state index contributed by atoms with van der Waals surface area (Å²) in [5.41, 5.74) is 4.33.